The van der Waals surface area contributed by atoms with Gasteiger partial charge < -0.3 is 15.7 Å². The van der Waals surface area contributed by atoms with Crippen molar-refractivity contribution in [1.29, 1.82) is 0 Å². The summed E-state index contributed by atoms with van der Waals surface area (Å²) in [6.45, 7) is 1.82. The van der Waals surface area contributed by atoms with Gasteiger partial charge in [0.1, 0.15) is 17.4 Å². The van der Waals surface area contributed by atoms with Crippen LogP contribution in [0.2, 0.25) is 0 Å². The highest BCUT2D eigenvalue weighted by Gasteiger charge is 2.21. The summed E-state index contributed by atoms with van der Waals surface area (Å²) in [4.78, 5) is 13.4. The second-order valence-electron chi connectivity index (χ2n) is 5.59. The Labute approximate surface area is 133 Å². The molecule has 2 aromatic rings. The van der Waals surface area contributed by atoms with E-state index in [1.807, 2.05) is 11.8 Å². The van der Waals surface area contributed by atoms with Crippen molar-refractivity contribution in [3.8, 4) is 16.9 Å². The maximum Gasteiger partial charge on any atom is 0.252 e. The fourth-order valence-corrected chi connectivity index (χ4v) is 2.32. The summed E-state index contributed by atoms with van der Waals surface area (Å²) in [5.74, 6) is -2.50. The van der Waals surface area contributed by atoms with Crippen molar-refractivity contribution in [3.63, 3.8) is 0 Å². The molecule has 0 aliphatic heterocycles. The molecule has 0 spiro atoms. The van der Waals surface area contributed by atoms with Gasteiger partial charge in [-0.1, -0.05) is 0 Å². The summed E-state index contributed by atoms with van der Waals surface area (Å²) in [6, 6.07) is 5.82. The molecule has 0 saturated carbocycles. The lowest BCUT2D eigenvalue weighted by molar-refractivity contribution is 0.0997. The molecule has 3 N–H and O–H groups in total. The monoisotopic (exact) mass is 320 g/mol. The Morgan fingerprint density at radius 3 is 2.39 bits per heavy atom. The number of rotatable bonds is 4. The third kappa shape index (κ3) is 3.32. The quantitative estimate of drug-likeness (QED) is 0.910. The van der Waals surface area contributed by atoms with Crippen LogP contribution in [0.3, 0.4) is 0 Å². The molecule has 1 unspecified atom stereocenters. The molecule has 0 aromatic heterocycles. The van der Waals surface area contributed by atoms with Crippen molar-refractivity contribution >= 4 is 5.91 Å². The van der Waals surface area contributed by atoms with E-state index in [1.54, 1.807) is 20.2 Å². The molecule has 4 nitrogen and oxygen atoms in total. The largest absolute Gasteiger partial charge is 0.507 e. The van der Waals surface area contributed by atoms with Gasteiger partial charge in [0, 0.05) is 23.2 Å². The molecule has 0 aliphatic carbocycles. The van der Waals surface area contributed by atoms with E-state index in [2.05, 4.69) is 0 Å². The minimum atomic E-state index is -0.820. The maximum absolute atomic E-state index is 14.0. The highest BCUT2D eigenvalue weighted by Crippen LogP contribution is 2.36. The first kappa shape index (κ1) is 16.9. The Morgan fingerprint density at radius 1 is 1.22 bits per heavy atom. The molecule has 23 heavy (non-hydrogen) atoms. The van der Waals surface area contributed by atoms with Crippen LogP contribution < -0.4 is 5.73 Å². The fraction of sp³-hybridized carbons (Fsp3) is 0.235. The van der Waals surface area contributed by atoms with Gasteiger partial charge in [-0.05, 0) is 50.8 Å². The number of hydrogen-bond acceptors (Lipinski definition) is 3. The Bertz CT molecular complexity index is 760. The molecule has 0 fully saturated rings. The van der Waals surface area contributed by atoms with Crippen molar-refractivity contribution in [2.24, 2.45) is 5.73 Å². The predicted octanol–water partition coefficient (Wildman–Crippen LogP) is 3.06. The van der Waals surface area contributed by atoms with E-state index in [0.29, 0.717) is 11.1 Å². The van der Waals surface area contributed by atoms with Crippen LogP contribution in [0.5, 0.6) is 5.75 Å². The Hall–Kier alpha value is -2.47. The van der Waals surface area contributed by atoms with Crippen LogP contribution >= 0.6 is 0 Å². The van der Waals surface area contributed by atoms with Crippen molar-refractivity contribution in [2.45, 2.75) is 13.0 Å². The van der Waals surface area contributed by atoms with Gasteiger partial charge in [-0.15, -0.1) is 0 Å². The number of benzene rings is 2. The number of nitrogens with two attached hydrogens (primary N) is 1. The second-order valence-corrected chi connectivity index (χ2v) is 5.59. The predicted molar refractivity (Wildman–Crippen MR) is 84.1 cm³/mol. The van der Waals surface area contributed by atoms with E-state index in [-0.39, 0.29) is 22.9 Å². The van der Waals surface area contributed by atoms with E-state index in [1.165, 1.54) is 12.1 Å². The normalized spacial score (nSPS) is 12.4. The highest BCUT2D eigenvalue weighted by atomic mass is 19.1. The molecular weight excluding hydrogens is 302 g/mol. The zero-order chi connectivity index (χ0) is 17.3. The average molecular weight is 320 g/mol. The van der Waals surface area contributed by atoms with E-state index >= 15 is 0 Å². The molecule has 6 heteroatoms. The van der Waals surface area contributed by atoms with Gasteiger partial charge in [0.2, 0.25) is 0 Å². The summed E-state index contributed by atoms with van der Waals surface area (Å²) in [6.07, 6.45) is 0. The molecule has 1 atom stereocenters. The minimum absolute atomic E-state index is 0.102. The minimum Gasteiger partial charge on any atom is -0.507 e. The lowest BCUT2D eigenvalue weighted by Gasteiger charge is -2.23. The number of halogens is 2. The van der Waals surface area contributed by atoms with Gasteiger partial charge in [0.15, 0.2) is 0 Å². The molecule has 0 heterocycles. The van der Waals surface area contributed by atoms with Crippen molar-refractivity contribution in [1.82, 2.24) is 4.90 Å². The van der Waals surface area contributed by atoms with Gasteiger partial charge in [-0.2, -0.15) is 0 Å². The Morgan fingerprint density at radius 2 is 1.87 bits per heavy atom. The number of primary amides is 1. The molecule has 1 amide bonds. The van der Waals surface area contributed by atoms with Gasteiger partial charge in [0.05, 0.1) is 5.56 Å². The third-order valence-electron chi connectivity index (χ3n) is 3.87. The summed E-state index contributed by atoms with van der Waals surface area (Å²) < 4.78 is 27.1. The summed E-state index contributed by atoms with van der Waals surface area (Å²) in [5.41, 5.74) is 6.11. The van der Waals surface area contributed by atoms with Crippen LogP contribution in [0.15, 0.2) is 30.3 Å². The third-order valence-corrected chi connectivity index (χ3v) is 3.87. The topological polar surface area (TPSA) is 66.6 Å². The molecule has 2 aromatic carbocycles. The van der Waals surface area contributed by atoms with Gasteiger partial charge in [-0.25, -0.2) is 8.78 Å². The van der Waals surface area contributed by atoms with Gasteiger partial charge in [0.25, 0.3) is 5.91 Å². The maximum atomic E-state index is 14.0. The fourth-order valence-electron chi connectivity index (χ4n) is 2.32. The lowest BCUT2D eigenvalue weighted by Crippen LogP contribution is -2.19. The average Bonchev–Trinajstić information content (AvgIpc) is 2.46. The van der Waals surface area contributed by atoms with Crippen molar-refractivity contribution < 1.29 is 18.7 Å². The molecule has 122 valence electrons. The molecule has 0 bridgehead atoms. The smallest absolute Gasteiger partial charge is 0.252 e. The van der Waals surface area contributed by atoms with E-state index in [9.17, 15) is 18.7 Å². The van der Waals surface area contributed by atoms with Crippen LogP contribution in [0, 0.1) is 11.6 Å². The number of phenols is 1. The van der Waals surface area contributed by atoms with E-state index in [0.717, 1.165) is 12.1 Å². The Kier molecular flexibility index (Phi) is 4.65. The first-order chi connectivity index (χ1) is 10.7. The number of aromatic hydroxyl groups is 1. The summed E-state index contributed by atoms with van der Waals surface area (Å²) >= 11 is 0. The standard InChI is InChI=1S/C17H18F2N2O2/c1-9(21(2)3)13-6-10(7-14(16(13)22)17(20)23)12-5-4-11(18)8-15(12)19/h4-9,22H,1-3H3,(H2,20,23). The van der Waals surface area contributed by atoms with E-state index in [4.69, 9.17) is 5.73 Å². The van der Waals surface area contributed by atoms with Crippen molar-refractivity contribution in [2.75, 3.05) is 14.1 Å². The molecular formula is C17H18F2N2O2. The molecule has 0 radical (unpaired) electrons. The molecule has 0 aliphatic rings. The van der Waals surface area contributed by atoms with Crippen LogP contribution in [0.4, 0.5) is 8.78 Å². The SMILES string of the molecule is CC(c1cc(-c2ccc(F)cc2F)cc(C(N)=O)c1O)N(C)C. The molecule has 2 rings (SSSR count). The van der Waals surface area contributed by atoms with Crippen molar-refractivity contribution in [3.05, 3.63) is 53.1 Å². The van der Waals surface area contributed by atoms with E-state index < -0.39 is 17.5 Å². The number of nitrogens with zero attached hydrogens (tertiary/aromatic N) is 1. The van der Waals surface area contributed by atoms with Crippen LogP contribution in [0.1, 0.15) is 28.9 Å². The van der Waals surface area contributed by atoms with Crippen LogP contribution in [-0.4, -0.2) is 30.0 Å². The first-order valence-electron chi connectivity index (χ1n) is 7.01. The van der Waals surface area contributed by atoms with Crippen LogP contribution in [-0.2, 0) is 0 Å². The number of amides is 1. The zero-order valence-corrected chi connectivity index (χ0v) is 13.1. The Balaban J connectivity index is 2.71. The van der Waals surface area contributed by atoms with Gasteiger partial charge in [-0.3, -0.25) is 4.79 Å². The number of carbonyl (C=O) groups excluding carboxylic acids is 1. The van der Waals surface area contributed by atoms with Crippen LogP contribution in [0.25, 0.3) is 11.1 Å². The lowest BCUT2D eigenvalue weighted by atomic mass is 9.94. The number of hydrogen-bond donors (Lipinski definition) is 2. The number of carbonyl (C=O) groups is 1. The molecule has 0 saturated heterocycles. The first-order valence-corrected chi connectivity index (χ1v) is 7.01. The zero-order valence-electron chi connectivity index (χ0n) is 13.1. The highest BCUT2D eigenvalue weighted by molar-refractivity contribution is 5.97. The van der Waals surface area contributed by atoms with Gasteiger partial charge >= 0.3 is 0 Å². The summed E-state index contributed by atoms with van der Waals surface area (Å²) in [5, 5.41) is 10.3. The second kappa shape index (κ2) is 6.34. The summed E-state index contributed by atoms with van der Waals surface area (Å²) in [7, 11) is 3.61.